The molecule has 0 amide bonds. The molecule has 0 aromatic heterocycles. The number of nitrogens with one attached hydrogen (secondary N) is 2. The molecule has 5 nitrogen and oxygen atoms in total. The second kappa shape index (κ2) is 5.65. The van der Waals surface area contributed by atoms with Gasteiger partial charge in [0, 0.05) is 31.7 Å². The van der Waals surface area contributed by atoms with E-state index in [0.29, 0.717) is 25.2 Å². The monoisotopic (exact) mass is 261 g/mol. The summed E-state index contributed by atoms with van der Waals surface area (Å²) >= 11 is 0. The first-order chi connectivity index (χ1) is 8.05. The molecule has 0 radical (unpaired) electrons. The Morgan fingerprint density at radius 1 is 1.29 bits per heavy atom. The van der Waals surface area contributed by atoms with Crippen LogP contribution in [0.2, 0.25) is 0 Å². The average Bonchev–Trinajstić information content (AvgIpc) is 2.78. The van der Waals surface area contributed by atoms with Crippen LogP contribution in [0, 0.1) is 0 Å². The van der Waals surface area contributed by atoms with Crippen molar-refractivity contribution in [2.75, 3.05) is 32.4 Å². The highest BCUT2D eigenvalue weighted by atomic mass is 32.2. The standard InChI is InChI=1S/C11H23N3O2S/c1-17(15,16)14-7-4-10(5-8-14)13-9-11-3-2-6-12-11/h10-13H,2-9H2,1H3. The molecule has 0 aromatic carbocycles. The van der Waals surface area contributed by atoms with Crippen molar-refractivity contribution in [1.29, 1.82) is 0 Å². The summed E-state index contributed by atoms with van der Waals surface area (Å²) in [4.78, 5) is 0. The topological polar surface area (TPSA) is 61.4 Å². The third-order valence-corrected chi connectivity index (χ3v) is 5.04. The summed E-state index contributed by atoms with van der Waals surface area (Å²) in [5, 5.41) is 7.01. The molecule has 2 fully saturated rings. The highest BCUT2D eigenvalue weighted by Crippen LogP contribution is 2.13. The molecule has 100 valence electrons. The first-order valence-corrected chi connectivity index (χ1v) is 8.32. The fraction of sp³-hybridized carbons (Fsp3) is 1.00. The zero-order valence-corrected chi connectivity index (χ0v) is 11.3. The molecule has 2 heterocycles. The maximum Gasteiger partial charge on any atom is 0.211 e. The van der Waals surface area contributed by atoms with Crippen LogP contribution in [0.15, 0.2) is 0 Å². The van der Waals surface area contributed by atoms with E-state index in [-0.39, 0.29) is 0 Å². The zero-order chi connectivity index (χ0) is 12.3. The summed E-state index contributed by atoms with van der Waals surface area (Å²) in [6, 6.07) is 1.10. The van der Waals surface area contributed by atoms with Crippen LogP contribution in [0.5, 0.6) is 0 Å². The van der Waals surface area contributed by atoms with Crippen molar-refractivity contribution in [3.63, 3.8) is 0 Å². The lowest BCUT2D eigenvalue weighted by atomic mass is 10.1. The summed E-state index contributed by atoms with van der Waals surface area (Å²) in [7, 11) is -2.99. The molecule has 0 saturated carbocycles. The van der Waals surface area contributed by atoms with Crippen LogP contribution in [0.4, 0.5) is 0 Å². The summed E-state index contributed by atoms with van der Waals surface area (Å²) in [5.74, 6) is 0. The molecule has 6 heteroatoms. The SMILES string of the molecule is CS(=O)(=O)N1CCC(NCC2CCCN2)CC1. The second-order valence-electron chi connectivity index (χ2n) is 5.14. The number of rotatable bonds is 4. The largest absolute Gasteiger partial charge is 0.313 e. The van der Waals surface area contributed by atoms with Crippen LogP contribution in [0.3, 0.4) is 0 Å². The maximum atomic E-state index is 11.4. The number of piperidine rings is 1. The molecule has 1 unspecified atom stereocenters. The Morgan fingerprint density at radius 3 is 2.53 bits per heavy atom. The van der Waals surface area contributed by atoms with E-state index in [1.807, 2.05) is 0 Å². The summed E-state index contributed by atoms with van der Waals surface area (Å²) < 4.78 is 24.3. The lowest BCUT2D eigenvalue weighted by molar-refractivity contribution is 0.286. The highest BCUT2D eigenvalue weighted by molar-refractivity contribution is 7.88. The molecule has 2 aliphatic rings. The Morgan fingerprint density at radius 2 is 2.00 bits per heavy atom. The Balaban J connectivity index is 1.68. The summed E-state index contributed by atoms with van der Waals surface area (Å²) in [6.45, 7) is 3.48. The minimum atomic E-state index is -2.99. The van der Waals surface area contributed by atoms with Crippen LogP contribution in [0.25, 0.3) is 0 Å². The van der Waals surface area contributed by atoms with Gasteiger partial charge in [-0.25, -0.2) is 12.7 Å². The lowest BCUT2D eigenvalue weighted by Crippen LogP contribution is -2.47. The molecule has 0 aliphatic carbocycles. The van der Waals surface area contributed by atoms with Gasteiger partial charge in [0.2, 0.25) is 10.0 Å². The van der Waals surface area contributed by atoms with Crippen LogP contribution in [-0.2, 0) is 10.0 Å². The van der Waals surface area contributed by atoms with Gasteiger partial charge in [-0.1, -0.05) is 0 Å². The van der Waals surface area contributed by atoms with Crippen molar-refractivity contribution in [2.24, 2.45) is 0 Å². The Hall–Kier alpha value is -0.170. The van der Waals surface area contributed by atoms with E-state index in [4.69, 9.17) is 0 Å². The fourth-order valence-electron chi connectivity index (χ4n) is 2.63. The van der Waals surface area contributed by atoms with Gasteiger partial charge >= 0.3 is 0 Å². The van der Waals surface area contributed by atoms with Gasteiger partial charge in [-0.05, 0) is 32.2 Å². The van der Waals surface area contributed by atoms with Gasteiger partial charge in [-0.15, -0.1) is 0 Å². The third-order valence-electron chi connectivity index (χ3n) is 3.74. The highest BCUT2D eigenvalue weighted by Gasteiger charge is 2.25. The van der Waals surface area contributed by atoms with Crippen molar-refractivity contribution >= 4 is 10.0 Å². The smallest absolute Gasteiger partial charge is 0.211 e. The van der Waals surface area contributed by atoms with E-state index < -0.39 is 10.0 Å². The molecule has 0 bridgehead atoms. The number of nitrogens with zero attached hydrogens (tertiary/aromatic N) is 1. The van der Waals surface area contributed by atoms with Crippen LogP contribution < -0.4 is 10.6 Å². The molecule has 0 spiro atoms. The fourth-order valence-corrected chi connectivity index (χ4v) is 3.51. The number of hydrogen-bond donors (Lipinski definition) is 2. The maximum absolute atomic E-state index is 11.4. The van der Waals surface area contributed by atoms with Crippen molar-refractivity contribution in [3.8, 4) is 0 Å². The number of sulfonamides is 1. The first-order valence-electron chi connectivity index (χ1n) is 6.47. The molecular formula is C11H23N3O2S. The third kappa shape index (κ3) is 3.91. The first kappa shape index (κ1) is 13.3. The molecule has 1 atom stereocenters. The van der Waals surface area contributed by atoms with E-state index in [0.717, 1.165) is 25.9 Å². The molecule has 2 saturated heterocycles. The van der Waals surface area contributed by atoms with Gasteiger partial charge in [0.25, 0.3) is 0 Å². The van der Waals surface area contributed by atoms with Crippen molar-refractivity contribution in [2.45, 2.75) is 37.8 Å². The van der Waals surface area contributed by atoms with Gasteiger partial charge < -0.3 is 10.6 Å². The van der Waals surface area contributed by atoms with Crippen molar-refractivity contribution in [3.05, 3.63) is 0 Å². The zero-order valence-electron chi connectivity index (χ0n) is 10.5. The molecule has 2 rings (SSSR count). The molecule has 17 heavy (non-hydrogen) atoms. The van der Waals surface area contributed by atoms with Gasteiger partial charge in [-0.2, -0.15) is 0 Å². The Kier molecular flexibility index (Phi) is 4.41. The normalized spacial score (nSPS) is 28.6. The van der Waals surface area contributed by atoms with E-state index in [1.165, 1.54) is 19.1 Å². The van der Waals surface area contributed by atoms with Crippen molar-refractivity contribution in [1.82, 2.24) is 14.9 Å². The van der Waals surface area contributed by atoms with E-state index >= 15 is 0 Å². The molecule has 0 aromatic rings. The quantitative estimate of drug-likeness (QED) is 0.733. The van der Waals surface area contributed by atoms with Crippen LogP contribution in [-0.4, -0.2) is 57.2 Å². The minimum Gasteiger partial charge on any atom is -0.313 e. The van der Waals surface area contributed by atoms with Gasteiger partial charge in [-0.3, -0.25) is 0 Å². The molecule has 2 N–H and O–H groups in total. The van der Waals surface area contributed by atoms with Gasteiger partial charge in [0.15, 0.2) is 0 Å². The van der Waals surface area contributed by atoms with Crippen LogP contribution in [0.1, 0.15) is 25.7 Å². The van der Waals surface area contributed by atoms with Crippen molar-refractivity contribution < 1.29 is 8.42 Å². The van der Waals surface area contributed by atoms with E-state index in [9.17, 15) is 8.42 Å². The van der Waals surface area contributed by atoms with Gasteiger partial charge in [0.05, 0.1) is 6.26 Å². The van der Waals surface area contributed by atoms with Crippen LogP contribution >= 0.6 is 0 Å². The average molecular weight is 261 g/mol. The Labute approximate surface area is 104 Å². The Bertz CT molecular complexity index is 331. The number of hydrogen-bond acceptors (Lipinski definition) is 4. The van der Waals surface area contributed by atoms with E-state index in [1.54, 1.807) is 4.31 Å². The summed E-state index contributed by atoms with van der Waals surface area (Å²) in [6.07, 6.45) is 5.69. The molecule has 2 aliphatic heterocycles. The lowest BCUT2D eigenvalue weighted by Gasteiger charge is -2.31. The second-order valence-corrected chi connectivity index (χ2v) is 7.12. The molecular weight excluding hydrogens is 238 g/mol. The minimum absolute atomic E-state index is 0.482. The summed E-state index contributed by atoms with van der Waals surface area (Å²) in [5.41, 5.74) is 0. The predicted molar refractivity (Wildman–Crippen MR) is 68.5 cm³/mol. The van der Waals surface area contributed by atoms with Gasteiger partial charge in [0.1, 0.15) is 0 Å². The predicted octanol–water partition coefficient (Wildman–Crippen LogP) is -0.248. The van der Waals surface area contributed by atoms with E-state index in [2.05, 4.69) is 10.6 Å².